The Morgan fingerprint density at radius 3 is 2.74 bits per heavy atom. The number of rotatable bonds is 6. The zero-order chi connectivity index (χ0) is 22.5. The molecule has 1 saturated heterocycles. The molecule has 0 saturated carbocycles. The third-order valence-electron chi connectivity index (χ3n) is 5.62. The Morgan fingerprint density at radius 2 is 2.10 bits per heavy atom. The lowest BCUT2D eigenvalue weighted by atomic mass is 10.1. The molecule has 3 rings (SSSR count). The molecule has 0 N–H and O–H groups in total. The number of hydrogen-bond acceptors (Lipinski definition) is 4. The van der Waals surface area contributed by atoms with Crippen molar-refractivity contribution < 1.29 is 14.3 Å². The molecule has 2 atom stereocenters. The number of aromatic nitrogens is 1. The van der Waals surface area contributed by atoms with Crippen molar-refractivity contribution in [1.29, 1.82) is 5.26 Å². The number of aryl methyl sites for hydroxylation is 1. The smallest absolute Gasteiger partial charge is 0.264 e. The highest BCUT2D eigenvalue weighted by Crippen LogP contribution is 2.26. The van der Waals surface area contributed by atoms with Gasteiger partial charge in [0, 0.05) is 29.5 Å². The molecule has 31 heavy (non-hydrogen) atoms. The molecular weight excluding hydrogens is 458 g/mol. The number of nitrogens with zero attached hydrogens (tertiary/aromatic N) is 3. The van der Waals surface area contributed by atoms with Crippen molar-refractivity contribution in [2.24, 2.45) is 0 Å². The molecule has 164 valence electrons. The van der Waals surface area contributed by atoms with E-state index >= 15 is 0 Å². The van der Waals surface area contributed by atoms with Crippen LogP contribution >= 0.6 is 15.9 Å². The highest BCUT2D eigenvalue weighted by molar-refractivity contribution is 9.10. The Balaban J connectivity index is 1.81. The monoisotopic (exact) mass is 485 g/mol. The Labute approximate surface area is 192 Å². The van der Waals surface area contributed by atoms with Gasteiger partial charge in [-0.15, -0.1) is 0 Å². The highest BCUT2D eigenvalue weighted by atomic mass is 79.9. The molecule has 2 heterocycles. The van der Waals surface area contributed by atoms with Crippen LogP contribution in [0.1, 0.15) is 41.6 Å². The number of nitriles is 1. The Morgan fingerprint density at radius 1 is 1.39 bits per heavy atom. The van der Waals surface area contributed by atoms with Crippen LogP contribution in [0.15, 0.2) is 40.4 Å². The zero-order valence-electron chi connectivity index (χ0n) is 18.4. The summed E-state index contributed by atoms with van der Waals surface area (Å²) in [4.78, 5) is 14.9. The summed E-state index contributed by atoms with van der Waals surface area (Å²) >= 11 is 3.44. The average molecular weight is 486 g/mol. The van der Waals surface area contributed by atoms with Gasteiger partial charge in [0.2, 0.25) is 0 Å². The van der Waals surface area contributed by atoms with Crippen LogP contribution in [0.25, 0.3) is 6.08 Å². The minimum atomic E-state index is -0.261. The van der Waals surface area contributed by atoms with Gasteiger partial charge >= 0.3 is 0 Å². The summed E-state index contributed by atoms with van der Waals surface area (Å²) in [6.07, 6.45) is 1.50. The van der Waals surface area contributed by atoms with Gasteiger partial charge < -0.3 is 18.9 Å². The molecule has 1 aromatic carbocycles. The molecule has 0 spiro atoms. The van der Waals surface area contributed by atoms with Crippen LogP contribution in [-0.2, 0) is 14.3 Å². The van der Waals surface area contributed by atoms with E-state index in [9.17, 15) is 10.1 Å². The van der Waals surface area contributed by atoms with E-state index < -0.39 is 0 Å². The number of methoxy groups -OCH3 is 1. The molecule has 2 unspecified atom stereocenters. The number of amides is 1. The number of hydrogen-bond donors (Lipinski definition) is 0. The minimum absolute atomic E-state index is 0.135. The van der Waals surface area contributed by atoms with Crippen molar-refractivity contribution in [3.8, 4) is 6.07 Å². The lowest BCUT2D eigenvalue weighted by Crippen LogP contribution is -2.42. The fraction of sp³-hybridized carbons (Fsp3) is 0.417. The van der Waals surface area contributed by atoms with Gasteiger partial charge in [-0.25, -0.2) is 0 Å². The second-order valence-electron chi connectivity index (χ2n) is 7.83. The van der Waals surface area contributed by atoms with Crippen molar-refractivity contribution in [2.45, 2.75) is 32.9 Å². The first-order chi connectivity index (χ1) is 14.8. The van der Waals surface area contributed by atoms with Crippen LogP contribution in [-0.4, -0.2) is 48.8 Å². The van der Waals surface area contributed by atoms with Crippen molar-refractivity contribution >= 4 is 27.9 Å². The normalized spacial score (nSPS) is 18.0. The van der Waals surface area contributed by atoms with Crippen molar-refractivity contribution in [3.05, 3.63) is 62.9 Å². The minimum Gasteiger partial charge on any atom is -0.383 e. The molecule has 0 radical (unpaired) electrons. The van der Waals surface area contributed by atoms with Crippen LogP contribution < -0.4 is 0 Å². The lowest BCUT2D eigenvalue weighted by Gasteiger charge is -2.33. The quantitative estimate of drug-likeness (QED) is 0.443. The van der Waals surface area contributed by atoms with Gasteiger partial charge in [0.05, 0.1) is 25.8 Å². The van der Waals surface area contributed by atoms with E-state index in [2.05, 4.69) is 33.5 Å². The standard InChI is InChI=1S/C24H28BrN3O3/c1-16-11-20(18(3)28(16)17(2)15-30-4)12-21(13-26)24(29)27-9-10-31-23(14-27)19-5-7-22(25)8-6-19/h5-8,11-12,17,23H,9-10,14-15H2,1-4H3/b21-12-. The maximum Gasteiger partial charge on any atom is 0.264 e. The predicted octanol–water partition coefficient (Wildman–Crippen LogP) is 4.58. The SMILES string of the molecule is COCC(C)n1c(C)cc(/C=C(/C#N)C(=O)N2CCOC(c3ccc(Br)cc3)C2)c1C. The Bertz CT molecular complexity index is 1000. The summed E-state index contributed by atoms with van der Waals surface area (Å²) < 4.78 is 14.3. The summed E-state index contributed by atoms with van der Waals surface area (Å²) in [5.74, 6) is -0.261. The van der Waals surface area contributed by atoms with E-state index in [0.29, 0.717) is 26.3 Å². The number of halogens is 1. The van der Waals surface area contributed by atoms with Gasteiger partial charge in [-0.05, 0) is 56.2 Å². The van der Waals surface area contributed by atoms with Crippen molar-refractivity contribution in [2.75, 3.05) is 33.4 Å². The number of ether oxygens (including phenoxy) is 2. The summed E-state index contributed by atoms with van der Waals surface area (Å²) in [6, 6.07) is 12.2. The molecule has 1 aliphatic heterocycles. The predicted molar refractivity (Wildman–Crippen MR) is 123 cm³/mol. The first-order valence-corrected chi connectivity index (χ1v) is 11.1. The zero-order valence-corrected chi connectivity index (χ0v) is 20.0. The van der Waals surface area contributed by atoms with Gasteiger partial charge in [0.15, 0.2) is 0 Å². The Kier molecular flexibility index (Phi) is 7.71. The molecular formula is C24H28BrN3O3. The summed E-state index contributed by atoms with van der Waals surface area (Å²) in [5, 5.41) is 9.73. The van der Waals surface area contributed by atoms with Crippen LogP contribution in [0.4, 0.5) is 0 Å². The van der Waals surface area contributed by atoms with E-state index in [1.165, 1.54) is 0 Å². The molecule has 1 fully saturated rings. The van der Waals surface area contributed by atoms with Gasteiger partial charge in [-0.2, -0.15) is 5.26 Å². The molecule has 0 bridgehead atoms. The molecule has 2 aromatic rings. The largest absolute Gasteiger partial charge is 0.383 e. The summed E-state index contributed by atoms with van der Waals surface area (Å²) in [6.45, 7) is 8.03. The van der Waals surface area contributed by atoms with Gasteiger partial charge in [0.1, 0.15) is 17.7 Å². The average Bonchev–Trinajstić information content (AvgIpc) is 3.05. The van der Waals surface area contributed by atoms with E-state index in [4.69, 9.17) is 9.47 Å². The first-order valence-electron chi connectivity index (χ1n) is 10.3. The number of carbonyl (C=O) groups excluding carboxylic acids is 1. The number of morpholine rings is 1. The van der Waals surface area contributed by atoms with Crippen molar-refractivity contribution in [3.63, 3.8) is 0 Å². The molecule has 1 aliphatic rings. The van der Waals surface area contributed by atoms with Gasteiger partial charge in [-0.1, -0.05) is 28.1 Å². The summed E-state index contributed by atoms with van der Waals surface area (Å²) in [7, 11) is 1.68. The van der Waals surface area contributed by atoms with E-state index in [1.54, 1.807) is 18.1 Å². The number of carbonyl (C=O) groups is 1. The topological polar surface area (TPSA) is 67.5 Å². The van der Waals surface area contributed by atoms with Crippen molar-refractivity contribution in [1.82, 2.24) is 9.47 Å². The maximum atomic E-state index is 13.1. The second-order valence-corrected chi connectivity index (χ2v) is 8.75. The molecule has 6 nitrogen and oxygen atoms in total. The lowest BCUT2D eigenvalue weighted by molar-refractivity contribution is -0.134. The van der Waals surface area contributed by atoms with Gasteiger partial charge in [-0.3, -0.25) is 4.79 Å². The van der Waals surface area contributed by atoms with E-state index in [0.717, 1.165) is 27.0 Å². The first kappa shape index (κ1) is 23.3. The fourth-order valence-electron chi connectivity index (χ4n) is 4.12. The second kappa shape index (κ2) is 10.3. The third kappa shape index (κ3) is 5.27. The number of benzene rings is 1. The van der Waals surface area contributed by atoms with Crippen LogP contribution in [0.2, 0.25) is 0 Å². The molecule has 0 aliphatic carbocycles. The van der Waals surface area contributed by atoms with E-state index in [1.807, 2.05) is 44.2 Å². The fourth-order valence-corrected chi connectivity index (χ4v) is 4.39. The van der Waals surface area contributed by atoms with E-state index in [-0.39, 0.29) is 23.6 Å². The third-order valence-corrected chi connectivity index (χ3v) is 6.15. The van der Waals surface area contributed by atoms with Crippen LogP contribution in [0.3, 0.4) is 0 Å². The Hall–Kier alpha value is -2.40. The van der Waals surface area contributed by atoms with Gasteiger partial charge in [0.25, 0.3) is 5.91 Å². The molecule has 7 heteroatoms. The summed E-state index contributed by atoms with van der Waals surface area (Å²) in [5.41, 5.74) is 4.11. The van der Waals surface area contributed by atoms with Crippen LogP contribution in [0, 0.1) is 25.2 Å². The molecule has 1 amide bonds. The molecule has 1 aromatic heterocycles. The maximum absolute atomic E-state index is 13.1. The van der Waals surface area contributed by atoms with Crippen LogP contribution in [0.5, 0.6) is 0 Å². The highest BCUT2D eigenvalue weighted by Gasteiger charge is 2.27.